The van der Waals surface area contributed by atoms with Crippen LogP contribution in [0.5, 0.6) is 5.75 Å². The molecule has 0 bridgehead atoms. The van der Waals surface area contributed by atoms with Crippen molar-refractivity contribution in [1.29, 1.82) is 0 Å². The number of rotatable bonds is 4. The van der Waals surface area contributed by atoms with Crippen molar-refractivity contribution in [2.24, 2.45) is 5.92 Å². The molecule has 2 unspecified atom stereocenters. The second-order valence-electron chi connectivity index (χ2n) is 5.40. The Kier molecular flexibility index (Phi) is 5.41. The van der Waals surface area contributed by atoms with Crippen LogP contribution in [0.3, 0.4) is 0 Å². The molecule has 1 saturated carbocycles. The molecule has 118 valence electrons. The Hall–Kier alpha value is -0.910. The van der Waals surface area contributed by atoms with Gasteiger partial charge in [0.1, 0.15) is 5.75 Å². The molecule has 6 heteroatoms. The summed E-state index contributed by atoms with van der Waals surface area (Å²) in [6.07, 6.45) is 1.23. The molecule has 1 N–H and O–H groups in total. The van der Waals surface area contributed by atoms with Crippen molar-refractivity contribution in [1.82, 2.24) is 0 Å². The molecular formula is C15H19BrF3NO. The zero-order valence-corrected chi connectivity index (χ0v) is 13.4. The molecule has 2 atom stereocenters. The van der Waals surface area contributed by atoms with Crippen LogP contribution in [0.1, 0.15) is 39.0 Å². The Labute approximate surface area is 131 Å². The van der Waals surface area contributed by atoms with Gasteiger partial charge >= 0.3 is 6.36 Å². The molecular weight excluding hydrogens is 347 g/mol. The maximum Gasteiger partial charge on any atom is 0.573 e. The Bertz CT molecular complexity index is 478. The largest absolute Gasteiger partial charge is 0.573 e. The van der Waals surface area contributed by atoms with Crippen molar-refractivity contribution in [3.63, 3.8) is 0 Å². The number of benzene rings is 1. The zero-order valence-electron chi connectivity index (χ0n) is 11.8. The molecule has 1 aliphatic carbocycles. The molecule has 1 aromatic rings. The Morgan fingerprint density at radius 3 is 2.62 bits per heavy atom. The van der Waals surface area contributed by atoms with Crippen molar-refractivity contribution in [2.45, 2.75) is 51.4 Å². The summed E-state index contributed by atoms with van der Waals surface area (Å²) < 4.78 is 40.9. The third-order valence-corrected chi connectivity index (χ3v) is 4.56. The van der Waals surface area contributed by atoms with Gasteiger partial charge in [-0.1, -0.05) is 26.2 Å². The Morgan fingerprint density at radius 2 is 2.00 bits per heavy atom. The normalized spacial score (nSPS) is 22.9. The fourth-order valence-electron chi connectivity index (χ4n) is 2.90. The number of halogens is 4. The SMILES string of the molecule is CCC1CCCCC1Nc1ccc(OC(F)(F)F)c(Br)c1. The number of hydrogen-bond donors (Lipinski definition) is 1. The summed E-state index contributed by atoms with van der Waals surface area (Å²) in [5.41, 5.74) is 0.821. The summed E-state index contributed by atoms with van der Waals surface area (Å²) in [6, 6.07) is 5.00. The zero-order chi connectivity index (χ0) is 15.5. The minimum atomic E-state index is -4.67. The van der Waals surface area contributed by atoms with Gasteiger partial charge in [0.2, 0.25) is 0 Å². The lowest BCUT2D eigenvalue weighted by Crippen LogP contribution is -2.31. The van der Waals surface area contributed by atoms with E-state index in [0.29, 0.717) is 16.4 Å². The van der Waals surface area contributed by atoms with Gasteiger partial charge in [-0.15, -0.1) is 13.2 Å². The molecule has 1 aliphatic rings. The number of ether oxygens (including phenoxy) is 1. The number of hydrogen-bond acceptors (Lipinski definition) is 2. The van der Waals surface area contributed by atoms with Gasteiger partial charge < -0.3 is 10.1 Å². The maximum atomic E-state index is 12.2. The van der Waals surface area contributed by atoms with Gasteiger partial charge in [0, 0.05) is 11.7 Å². The minimum absolute atomic E-state index is 0.219. The van der Waals surface area contributed by atoms with Crippen LogP contribution in [0.25, 0.3) is 0 Å². The second kappa shape index (κ2) is 6.90. The highest BCUT2D eigenvalue weighted by atomic mass is 79.9. The van der Waals surface area contributed by atoms with E-state index in [1.165, 1.54) is 25.3 Å². The average Bonchev–Trinajstić information content (AvgIpc) is 2.41. The van der Waals surface area contributed by atoms with Crippen LogP contribution in [-0.4, -0.2) is 12.4 Å². The summed E-state index contributed by atoms with van der Waals surface area (Å²) in [5.74, 6) is 0.410. The molecule has 0 radical (unpaired) electrons. The van der Waals surface area contributed by atoms with Crippen molar-refractivity contribution in [3.05, 3.63) is 22.7 Å². The van der Waals surface area contributed by atoms with Crippen molar-refractivity contribution >= 4 is 21.6 Å². The summed E-state index contributed by atoms with van der Waals surface area (Å²) in [6.45, 7) is 2.18. The number of nitrogens with one attached hydrogen (secondary N) is 1. The third-order valence-electron chi connectivity index (χ3n) is 3.94. The summed E-state index contributed by atoms with van der Waals surface area (Å²) in [5, 5.41) is 3.45. The number of alkyl halides is 3. The predicted molar refractivity (Wildman–Crippen MR) is 80.5 cm³/mol. The minimum Gasteiger partial charge on any atom is -0.405 e. The third kappa shape index (κ3) is 4.80. The molecule has 0 heterocycles. The van der Waals surface area contributed by atoms with Crippen LogP contribution in [-0.2, 0) is 0 Å². The molecule has 2 rings (SSSR count). The topological polar surface area (TPSA) is 21.3 Å². The fraction of sp³-hybridized carbons (Fsp3) is 0.600. The first-order chi connectivity index (χ1) is 9.89. The van der Waals surface area contributed by atoms with Crippen molar-refractivity contribution in [3.8, 4) is 5.75 Å². The molecule has 0 aliphatic heterocycles. The van der Waals surface area contributed by atoms with E-state index < -0.39 is 6.36 Å². The highest BCUT2D eigenvalue weighted by Crippen LogP contribution is 2.34. The van der Waals surface area contributed by atoms with E-state index in [4.69, 9.17) is 0 Å². The standard InChI is InChI=1S/C15H19BrF3NO/c1-2-10-5-3-4-6-13(10)20-11-7-8-14(12(16)9-11)21-15(17,18)19/h7-10,13,20H,2-6H2,1H3. The lowest BCUT2D eigenvalue weighted by Gasteiger charge is -2.32. The quantitative estimate of drug-likeness (QED) is 0.735. The van der Waals surface area contributed by atoms with Crippen LogP contribution in [0.2, 0.25) is 0 Å². The van der Waals surface area contributed by atoms with Gasteiger partial charge in [0.15, 0.2) is 0 Å². The predicted octanol–water partition coefficient (Wildman–Crippen LogP) is 5.73. The van der Waals surface area contributed by atoms with Gasteiger partial charge in [-0.2, -0.15) is 0 Å². The van der Waals surface area contributed by atoms with E-state index in [1.54, 1.807) is 12.1 Å². The second-order valence-corrected chi connectivity index (χ2v) is 6.25. The molecule has 0 amide bonds. The van der Waals surface area contributed by atoms with Gasteiger partial charge in [-0.3, -0.25) is 0 Å². The van der Waals surface area contributed by atoms with Gasteiger partial charge in [0.25, 0.3) is 0 Å². The molecule has 0 aromatic heterocycles. The van der Waals surface area contributed by atoms with Crippen molar-refractivity contribution < 1.29 is 17.9 Å². The van der Waals surface area contributed by atoms with Crippen molar-refractivity contribution in [2.75, 3.05) is 5.32 Å². The van der Waals surface area contributed by atoms with Gasteiger partial charge in [0.05, 0.1) is 4.47 Å². The lowest BCUT2D eigenvalue weighted by molar-refractivity contribution is -0.274. The van der Waals surface area contributed by atoms with Crippen LogP contribution in [0, 0.1) is 5.92 Å². The fourth-order valence-corrected chi connectivity index (χ4v) is 3.36. The number of anilines is 1. The Balaban J connectivity index is 2.06. The van der Waals surface area contributed by atoms with E-state index in [2.05, 4.69) is 32.9 Å². The molecule has 1 fully saturated rings. The highest BCUT2D eigenvalue weighted by molar-refractivity contribution is 9.10. The van der Waals surface area contributed by atoms with E-state index in [-0.39, 0.29) is 5.75 Å². The summed E-state index contributed by atoms with van der Waals surface area (Å²) in [7, 11) is 0. The van der Waals surface area contributed by atoms with E-state index in [1.807, 2.05) is 0 Å². The van der Waals surface area contributed by atoms with E-state index >= 15 is 0 Å². The Morgan fingerprint density at radius 1 is 1.29 bits per heavy atom. The van der Waals surface area contributed by atoms with Crippen LogP contribution in [0.4, 0.5) is 18.9 Å². The van der Waals surface area contributed by atoms with Crippen LogP contribution < -0.4 is 10.1 Å². The summed E-state index contributed by atoms with van der Waals surface area (Å²) in [4.78, 5) is 0. The van der Waals surface area contributed by atoms with Gasteiger partial charge in [-0.05, 0) is 52.9 Å². The molecule has 2 nitrogen and oxygen atoms in total. The maximum absolute atomic E-state index is 12.2. The van der Waals surface area contributed by atoms with Crippen LogP contribution >= 0.6 is 15.9 Å². The van der Waals surface area contributed by atoms with E-state index in [9.17, 15) is 13.2 Å². The smallest absolute Gasteiger partial charge is 0.405 e. The van der Waals surface area contributed by atoms with Crippen LogP contribution in [0.15, 0.2) is 22.7 Å². The first-order valence-electron chi connectivity index (χ1n) is 7.21. The highest BCUT2D eigenvalue weighted by Gasteiger charge is 2.32. The van der Waals surface area contributed by atoms with Gasteiger partial charge in [-0.25, -0.2) is 0 Å². The summed E-state index contributed by atoms with van der Waals surface area (Å²) >= 11 is 3.13. The average molecular weight is 366 g/mol. The lowest BCUT2D eigenvalue weighted by atomic mass is 9.83. The molecule has 0 saturated heterocycles. The first kappa shape index (κ1) is 16.5. The molecule has 21 heavy (non-hydrogen) atoms. The molecule has 1 aromatic carbocycles. The van der Waals surface area contributed by atoms with E-state index in [0.717, 1.165) is 18.5 Å². The first-order valence-corrected chi connectivity index (χ1v) is 8.00. The monoisotopic (exact) mass is 365 g/mol. The molecule has 0 spiro atoms.